The van der Waals surface area contributed by atoms with Crippen LogP contribution in [0.25, 0.3) is 0 Å². The number of aromatic nitrogens is 2. The Morgan fingerprint density at radius 1 is 1.47 bits per heavy atom. The summed E-state index contributed by atoms with van der Waals surface area (Å²) in [6, 6.07) is 0.383. The number of hydrogen-bond acceptors (Lipinski definition) is 6. The van der Waals surface area contributed by atoms with Crippen molar-refractivity contribution in [2.75, 3.05) is 30.6 Å². The molecular formula is C13H23N5O. The summed E-state index contributed by atoms with van der Waals surface area (Å²) < 4.78 is 5.45. The van der Waals surface area contributed by atoms with Crippen LogP contribution in [0, 0.1) is 6.92 Å². The van der Waals surface area contributed by atoms with Crippen LogP contribution in [-0.2, 0) is 11.2 Å². The van der Waals surface area contributed by atoms with E-state index >= 15 is 0 Å². The summed E-state index contributed by atoms with van der Waals surface area (Å²) in [5, 5.41) is 0. The largest absolute Gasteiger partial charge is 0.379 e. The second-order valence-electron chi connectivity index (χ2n) is 4.96. The number of nitrogen functional groups attached to an aromatic ring is 1. The Hall–Kier alpha value is -1.40. The number of nitrogens with one attached hydrogen (secondary N) is 1. The molecule has 1 atom stereocenters. The zero-order chi connectivity index (χ0) is 13.8. The molecule has 6 heteroatoms. The molecule has 1 aliphatic heterocycles. The van der Waals surface area contributed by atoms with Crippen LogP contribution in [0.5, 0.6) is 0 Å². The zero-order valence-electron chi connectivity index (χ0n) is 11.9. The van der Waals surface area contributed by atoms with Crippen LogP contribution >= 0.6 is 0 Å². The summed E-state index contributed by atoms with van der Waals surface area (Å²) in [5.74, 6) is 8.04. The Kier molecular flexibility index (Phi) is 4.55. The van der Waals surface area contributed by atoms with E-state index in [4.69, 9.17) is 10.6 Å². The van der Waals surface area contributed by atoms with Gasteiger partial charge in [-0.2, -0.15) is 0 Å². The van der Waals surface area contributed by atoms with Gasteiger partial charge in [0, 0.05) is 25.6 Å². The lowest BCUT2D eigenvalue weighted by molar-refractivity contribution is 0.193. The third-order valence-electron chi connectivity index (χ3n) is 3.56. The molecule has 106 valence electrons. The van der Waals surface area contributed by atoms with E-state index in [2.05, 4.69) is 34.3 Å². The minimum absolute atomic E-state index is 0.383. The highest BCUT2D eigenvalue weighted by Crippen LogP contribution is 2.26. The predicted molar refractivity (Wildman–Crippen MR) is 76.2 cm³/mol. The lowest BCUT2D eigenvalue weighted by Gasteiger charge is -2.26. The first-order chi connectivity index (χ1) is 9.17. The molecule has 0 radical (unpaired) electrons. The number of likely N-dealkylation sites (N-methyl/N-ethyl adjacent to an activating group) is 1. The molecule has 19 heavy (non-hydrogen) atoms. The third kappa shape index (κ3) is 2.96. The molecule has 1 fully saturated rings. The van der Waals surface area contributed by atoms with Gasteiger partial charge in [0.1, 0.15) is 17.5 Å². The van der Waals surface area contributed by atoms with E-state index in [1.165, 1.54) is 0 Å². The fraction of sp³-hybridized carbons (Fsp3) is 0.692. The smallest absolute Gasteiger partial charge is 0.148 e. The van der Waals surface area contributed by atoms with Crippen molar-refractivity contribution in [3.8, 4) is 0 Å². The van der Waals surface area contributed by atoms with Gasteiger partial charge in [0.2, 0.25) is 0 Å². The first kappa shape index (κ1) is 14.0. The summed E-state index contributed by atoms with van der Waals surface area (Å²) in [4.78, 5) is 11.3. The summed E-state index contributed by atoms with van der Waals surface area (Å²) in [5.41, 5.74) is 3.65. The molecule has 2 rings (SSSR count). The van der Waals surface area contributed by atoms with Crippen molar-refractivity contribution in [1.29, 1.82) is 0 Å². The minimum Gasteiger partial charge on any atom is -0.379 e. The summed E-state index contributed by atoms with van der Waals surface area (Å²) in [6.45, 7) is 5.69. The number of ether oxygens (including phenoxy) is 1. The van der Waals surface area contributed by atoms with E-state index < -0.39 is 0 Å². The number of anilines is 2. The molecule has 2 heterocycles. The molecule has 1 unspecified atom stereocenters. The van der Waals surface area contributed by atoms with Gasteiger partial charge in [0.05, 0.1) is 12.6 Å². The molecule has 1 aromatic heterocycles. The average Bonchev–Trinajstić information content (AvgIpc) is 2.94. The SMILES string of the molecule is CCCc1nc(NN)c(C)c(N(C)C2CCOC2)n1. The van der Waals surface area contributed by atoms with E-state index in [-0.39, 0.29) is 0 Å². The lowest BCUT2D eigenvalue weighted by Crippen LogP contribution is -2.33. The summed E-state index contributed by atoms with van der Waals surface area (Å²) in [7, 11) is 2.06. The van der Waals surface area contributed by atoms with Crippen molar-refractivity contribution in [2.45, 2.75) is 39.2 Å². The van der Waals surface area contributed by atoms with Crippen LogP contribution in [0.4, 0.5) is 11.6 Å². The Morgan fingerprint density at radius 3 is 2.84 bits per heavy atom. The van der Waals surface area contributed by atoms with Gasteiger partial charge in [-0.3, -0.25) is 0 Å². The lowest BCUT2D eigenvalue weighted by atomic mass is 10.2. The van der Waals surface area contributed by atoms with Crippen LogP contribution in [0.2, 0.25) is 0 Å². The molecule has 1 saturated heterocycles. The predicted octanol–water partition coefficient (Wildman–Crippen LogP) is 1.25. The van der Waals surface area contributed by atoms with Gasteiger partial charge < -0.3 is 15.1 Å². The molecule has 1 aliphatic rings. The second kappa shape index (κ2) is 6.16. The van der Waals surface area contributed by atoms with Crippen molar-refractivity contribution < 1.29 is 4.74 Å². The number of nitrogens with zero attached hydrogens (tertiary/aromatic N) is 3. The molecule has 0 aromatic carbocycles. The summed E-state index contributed by atoms with van der Waals surface area (Å²) in [6.07, 6.45) is 2.91. The van der Waals surface area contributed by atoms with Gasteiger partial charge in [-0.1, -0.05) is 6.92 Å². The van der Waals surface area contributed by atoms with Crippen molar-refractivity contribution in [3.05, 3.63) is 11.4 Å². The highest BCUT2D eigenvalue weighted by molar-refractivity contribution is 5.58. The Labute approximate surface area is 114 Å². The van der Waals surface area contributed by atoms with Gasteiger partial charge >= 0.3 is 0 Å². The molecule has 0 bridgehead atoms. The summed E-state index contributed by atoms with van der Waals surface area (Å²) >= 11 is 0. The Bertz CT molecular complexity index is 431. The molecule has 3 N–H and O–H groups in total. The maximum absolute atomic E-state index is 5.55. The second-order valence-corrected chi connectivity index (χ2v) is 4.96. The fourth-order valence-electron chi connectivity index (χ4n) is 2.37. The van der Waals surface area contributed by atoms with Gasteiger partial charge in [-0.05, 0) is 19.8 Å². The van der Waals surface area contributed by atoms with Crippen LogP contribution in [0.15, 0.2) is 0 Å². The number of rotatable bonds is 5. The van der Waals surface area contributed by atoms with E-state index in [1.807, 2.05) is 6.92 Å². The fourth-order valence-corrected chi connectivity index (χ4v) is 2.37. The molecular weight excluding hydrogens is 242 g/mol. The van der Waals surface area contributed by atoms with E-state index in [0.717, 1.165) is 49.7 Å². The van der Waals surface area contributed by atoms with Crippen molar-refractivity contribution in [3.63, 3.8) is 0 Å². The minimum atomic E-state index is 0.383. The zero-order valence-corrected chi connectivity index (χ0v) is 11.9. The first-order valence-corrected chi connectivity index (χ1v) is 6.82. The Morgan fingerprint density at radius 2 is 2.26 bits per heavy atom. The standard InChI is InChI=1S/C13H23N5O/c1-4-5-11-15-12(17-14)9(2)13(16-11)18(3)10-6-7-19-8-10/h10H,4-8,14H2,1-3H3,(H,15,16,17). The number of nitrogens with two attached hydrogens (primary N) is 1. The molecule has 6 nitrogen and oxygen atoms in total. The Balaban J connectivity index is 2.33. The monoisotopic (exact) mass is 265 g/mol. The van der Waals surface area contributed by atoms with E-state index in [0.29, 0.717) is 11.9 Å². The van der Waals surface area contributed by atoms with Crippen molar-refractivity contribution in [1.82, 2.24) is 9.97 Å². The average molecular weight is 265 g/mol. The molecule has 0 spiro atoms. The normalized spacial score (nSPS) is 18.6. The number of aryl methyl sites for hydroxylation is 1. The van der Waals surface area contributed by atoms with Crippen LogP contribution in [-0.4, -0.2) is 36.3 Å². The maximum Gasteiger partial charge on any atom is 0.148 e. The van der Waals surface area contributed by atoms with Gasteiger partial charge in [-0.25, -0.2) is 15.8 Å². The van der Waals surface area contributed by atoms with Gasteiger partial charge in [0.15, 0.2) is 0 Å². The molecule has 0 aliphatic carbocycles. The van der Waals surface area contributed by atoms with Crippen LogP contribution < -0.4 is 16.2 Å². The molecule has 0 saturated carbocycles. The van der Waals surface area contributed by atoms with Crippen molar-refractivity contribution >= 4 is 11.6 Å². The van der Waals surface area contributed by atoms with Crippen LogP contribution in [0.1, 0.15) is 31.2 Å². The molecule has 0 amide bonds. The highest BCUT2D eigenvalue weighted by atomic mass is 16.5. The number of hydrogen-bond donors (Lipinski definition) is 2. The van der Waals surface area contributed by atoms with Crippen LogP contribution in [0.3, 0.4) is 0 Å². The highest BCUT2D eigenvalue weighted by Gasteiger charge is 2.24. The van der Waals surface area contributed by atoms with E-state index in [9.17, 15) is 0 Å². The number of hydrazine groups is 1. The topological polar surface area (TPSA) is 76.3 Å². The quantitative estimate of drug-likeness (QED) is 0.616. The molecule has 1 aromatic rings. The van der Waals surface area contributed by atoms with Crippen molar-refractivity contribution in [2.24, 2.45) is 5.84 Å². The van der Waals surface area contributed by atoms with Gasteiger partial charge in [-0.15, -0.1) is 0 Å². The van der Waals surface area contributed by atoms with Gasteiger partial charge in [0.25, 0.3) is 0 Å². The third-order valence-corrected chi connectivity index (χ3v) is 3.56. The van der Waals surface area contributed by atoms with E-state index in [1.54, 1.807) is 0 Å². The first-order valence-electron chi connectivity index (χ1n) is 6.82. The maximum atomic E-state index is 5.55.